The fraction of sp³-hybridized carbons (Fsp3) is 0.308. The van der Waals surface area contributed by atoms with E-state index in [-0.39, 0.29) is 42.1 Å². The zero-order chi connectivity index (χ0) is 37.8. The van der Waals surface area contributed by atoms with E-state index in [2.05, 4.69) is 10.3 Å². The maximum Gasteiger partial charge on any atom is 0.265 e. The first-order chi connectivity index (χ1) is 25.5. The van der Waals surface area contributed by atoms with Crippen molar-refractivity contribution in [2.24, 2.45) is 7.05 Å². The van der Waals surface area contributed by atoms with E-state index >= 15 is 0 Å². The lowest BCUT2D eigenvalue weighted by Gasteiger charge is -2.35. The summed E-state index contributed by atoms with van der Waals surface area (Å²) in [7, 11) is 8.87. The predicted octanol–water partition coefficient (Wildman–Crippen LogP) is 5.66. The number of pyridine rings is 1. The van der Waals surface area contributed by atoms with Crippen LogP contribution in [0.1, 0.15) is 44.3 Å². The van der Waals surface area contributed by atoms with Crippen molar-refractivity contribution in [2.75, 3.05) is 48.0 Å². The van der Waals surface area contributed by atoms with Gasteiger partial charge in [-0.05, 0) is 80.5 Å². The molecule has 2 amide bonds. The standard InChI is InChI=1S/C39H40N6O6S2/c1-23-28-8-7-27(15-24(28)9-12-45(23)38(47)26(20-40)18-35-41-11-14-52-35)51-13-10-42-37(46)34-19-29-36(53-34)30(22-44(4)39(29)48)25-16-32(49-5)31(21-43(2)3)33(17-25)50-6/h7-8,11,14-19,22-23H,9-10,12-13,21H2,1-6H3,(H,42,46)/b26-18+. The van der Waals surface area contributed by atoms with Crippen molar-refractivity contribution in [1.82, 2.24) is 24.7 Å². The van der Waals surface area contributed by atoms with Gasteiger partial charge in [-0.2, -0.15) is 5.26 Å². The number of rotatable bonds is 12. The highest BCUT2D eigenvalue weighted by Gasteiger charge is 2.30. The Bertz CT molecular complexity index is 2280. The number of thiazole rings is 1. The van der Waals surface area contributed by atoms with Crippen LogP contribution in [0.2, 0.25) is 0 Å². The third-order valence-electron chi connectivity index (χ3n) is 9.11. The average Bonchev–Trinajstić information content (AvgIpc) is 3.85. The summed E-state index contributed by atoms with van der Waals surface area (Å²) in [6, 6.07) is 13.1. The Hall–Kier alpha value is -5.49. The highest BCUT2D eigenvalue weighted by atomic mass is 32.1. The summed E-state index contributed by atoms with van der Waals surface area (Å²) in [5.74, 6) is 1.37. The Morgan fingerprint density at radius 2 is 1.91 bits per heavy atom. The highest BCUT2D eigenvalue weighted by Crippen LogP contribution is 2.40. The zero-order valence-electron chi connectivity index (χ0n) is 30.4. The van der Waals surface area contributed by atoms with E-state index in [4.69, 9.17) is 14.2 Å². The maximum atomic E-state index is 13.3. The van der Waals surface area contributed by atoms with Crippen LogP contribution in [0.5, 0.6) is 17.2 Å². The molecule has 1 atom stereocenters. The largest absolute Gasteiger partial charge is 0.496 e. The van der Waals surface area contributed by atoms with Gasteiger partial charge in [0.05, 0.1) is 42.6 Å². The second-order valence-corrected chi connectivity index (χ2v) is 14.8. The fourth-order valence-corrected chi connectivity index (χ4v) is 8.17. The monoisotopic (exact) mass is 752 g/mol. The zero-order valence-corrected chi connectivity index (χ0v) is 32.0. The van der Waals surface area contributed by atoms with E-state index in [1.807, 2.05) is 62.3 Å². The van der Waals surface area contributed by atoms with Gasteiger partial charge in [0.1, 0.15) is 40.5 Å². The van der Waals surface area contributed by atoms with E-state index in [0.29, 0.717) is 56.7 Å². The molecule has 0 aliphatic carbocycles. The quantitative estimate of drug-likeness (QED) is 0.0972. The molecule has 2 aromatic carbocycles. The minimum atomic E-state index is -0.318. The molecule has 1 unspecified atom stereocenters. The molecule has 6 rings (SSSR count). The molecular weight excluding hydrogens is 713 g/mol. The first-order valence-corrected chi connectivity index (χ1v) is 18.6. The number of hydrogen-bond acceptors (Lipinski definition) is 11. The number of nitrogens with one attached hydrogen (secondary N) is 1. The number of fused-ring (bicyclic) bond motifs is 2. The van der Waals surface area contributed by atoms with Gasteiger partial charge in [0.15, 0.2) is 0 Å². The van der Waals surface area contributed by atoms with Crippen molar-refractivity contribution in [3.05, 3.63) is 96.7 Å². The second-order valence-electron chi connectivity index (χ2n) is 12.8. The molecule has 0 saturated heterocycles. The van der Waals surface area contributed by atoms with E-state index in [1.165, 1.54) is 33.3 Å². The van der Waals surface area contributed by atoms with Crippen molar-refractivity contribution < 1.29 is 23.8 Å². The molecule has 0 fully saturated rings. The molecule has 0 saturated carbocycles. The van der Waals surface area contributed by atoms with Crippen LogP contribution < -0.4 is 25.1 Å². The predicted molar refractivity (Wildman–Crippen MR) is 207 cm³/mol. The third-order valence-corrected chi connectivity index (χ3v) is 11.0. The van der Waals surface area contributed by atoms with Gasteiger partial charge in [-0.15, -0.1) is 22.7 Å². The van der Waals surface area contributed by atoms with Gasteiger partial charge in [-0.25, -0.2) is 4.98 Å². The number of methoxy groups -OCH3 is 2. The van der Waals surface area contributed by atoms with Gasteiger partial charge in [0, 0.05) is 48.2 Å². The molecule has 12 nitrogen and oxygen atoms in total. The summed E-state index contributed by atoms with van der Waals surface area (Å²) >= 11 is 2.63. The number of carbonyl (C=O) groups excluding carboxylic acids is 2. The van der Waals surface area contributed by atoms with Gasteiger partial charge in [0.2, 0.25) is 0 Å². The topological polar surface area (TPSA) is 139 Å². The SMILES string of the molecule is COc1cc(-c2cn(C)c(=O)c3cc(C(=O)NCCOc4ccc5c(c4)CCN(C(=O)/C(C#N)=C/c4nccs4)C5C)sc23)cc(OC)c1CN(C)C. The van der Waals surface area contributed by atoms with Crippen LogP contribution in [0.15, 0.2) is 64.5 Å². The van der Waals surface area contributed by atoms with E-state index in [9.17, 15) is 19.6 Å². The molecule has 0 bridgehead atoms. The lowest BCUT2D eigenvalue weighted by atomic mass is 9.92. The van der Waals surface area contributed by atoms with Crippen LogP contribution in [0.25, 0.3) is 27.3 Å². The summed E-state index contributed by atoms with van der Waals surface area (Å²) in [5.41, 5.74) is 4.42. The summed E-state index contributed by atoms with van der Waals surface area (Å²) in [4.78, 5) is 48.1. The van der Waals surface area contributed by atoms with Crippen LogP contribution in [-0.4, -0.2) is 79.2 Å². The number of aryl methyl sites for hydroxylation is 1. The number of benzene rings is 2. The Morgan fingerprint density at radius 1 is 1.15 bits per heavy atom. The van der Waals surface area contributed by atoms with Gasteiger partial charge < -0.3 is 33.9 Å². The maximum absolute atomic E-state index is 13.3. The molecular formula is C39H40N6O6S2. The number of hydrogen-bond donors (Lipinski definition) is 1. The minimum absolute atomic E-state index is 0.0580. The van der Waals surface area contributed by atoms with Gasteiger partial charge in [-0.1, -0.05) is 6.07 Å². The summed E-state index contributed by atoms with van der Waals surface area (Å²) in [6.07, 6.45) is 5.56. The first kappa shape index (κ1) is 37.3. The van der Waals surface area contributed by atoms with Gasteiger partial charge in [-0.3, -0.25) is 14.4 Å². The number of thiophene rings is 1. The number of ether oxygens (including phenoxy) is 3. The van der Waals surface area contributed by atoms with E-state index in [1.54, 1.807) is 50.0 Å². The Kier molecular flexibility index (Phi) is 11.3. The van der Waals surface area contributed by atoms with E-state index < -0.39 is 0 Å². The number of carbonyl (C=O) groups is 2. The molecule has 1 aliphatic heterocycles. The molecule has 5 aromatic rings. The molecule has 14 heteroatoms. The van der Waals surface area contributed by atoms with Crippen molar-refractivity contribution in [3.8, 4) is 34.4 Å². The molecule has 1 aliphatic rings. The smallest absolute Gasteiger partial charge is 0.265 e. The number of amides is 2. The van der Waals surface area contributed by atoms with Crippen molar-refractivity contribution in [2.45, 2.75) is 25.9 Å². The number of aromatic nitrogens is 2. The van der Waals surface area contributed by atoms with Crippen LogP contribution in [0.4, 0.5) is 0 Å². The van der Waals surface area contributed by atoms with E-state index in [0.717, 1.165) is 27.8 Å². The molecule has 274 valence electrons. The summed E-state index contributed by atoms with van der Waals surface area (Å²) < 4.78 is 19.7. The number of nitriles is 1. The second kappa shape index (κ2) is 16.0. The van der Waals surface area contributed by atoms with Crippen LogP contribution in [0, 0.1) is 11.3 Å². The van der Waals surface area contributed by atoms with Crippen molar-refractivity contribution >= 4 is 50.7 Å². The summed E-state index contributed by atoms with van der Waals surface area (Å²) in [5, 5.41) is 15.4. The van der Waals surface area contributed by atoms with Crippen LogP contribution in [0.3, 0.4) is 0 Å². The summed E-state index contributed by atoms with van der Waals surface area (Å²) in [6.45, 7) is 3.51. The van der Waals surface area contributed by atoms with Crippen molar-refractivity contribution in [3.63, 3.8) is 0 Å². The Balaban J connectivity index is 1.12. The fourth-order valence-electron chi connectivity index (χ4n) is 6.50. The normalized spacial score (nSPS) is 14.2. The van der Waals surface area contributed by atoms with Crippen LogP contribution >= 0.6 is 22.7 Å². The first-order valence-electron chi connectivity index (χ1n) is 16.9. The Labute approximate surface area is 315 Å². The van der Waals surface area contributed by atoms with Gasteiger partial charge in [0.25, 0.3) is 17.4 Å². The van der Waals surface area contributed by atoms with Crippen molar-refractivity contribution in [1.29, 1.82) is 5.26 Å². The Morgan fingerprint density at radius 3 is 2.57 bits per heavy atom. The highest BCUT2D eigenvalue weighted by molar-refractivity contribution is 7.21. The average molecular weight is 753 g/mol. The third kappa shape index (κ3) is 7.83. The molecule has 0 radical (unpaired) electrons. The van der Waals surface area contributed by atoms with Gasteiger partial charge >= 0.3 is 0 Å². The number of nitrogens with zero attached hydrogens (tertiary/aromatic N) is 5. The lowest BCUT2D eigenvalue weighted by Crippen LogP contribution is -2.39. The lowest BCUT2D eigenvalue weighted by molar-refractivity contribution is -0.129. The molecule has 3 aromatic heterocycles. The molecule has 4 heterocycles. The molecule has 0 spiro atoms. The van der Waals surface area contributed by atoms with Crippen LogP contribution in [-0.2, 0) is 24.8 Å². The minimum Gasteiger partial charge on any atom is -0.496 e. The molecule has 1 N–H and O–H groups in total. The molecule has 53 heavy (non-hydrogen) atoms.